The molecular formula is C24H27N3O4. The number of rotatable bonds is 4. The molecule has 5 rings (SSSR count). The summed E-state index contributed by atoms with van der Waals surface area (Å²) < 4.78 is 5.43. The lowest BCUT2D eigenvalue weighted by Crippen LogP contribution is -2.71. The summed E-state index contributed by atoms with van der Waals surface area (Å²) in [5, 5.41) is 10.1. The van der Waals surface area contributed by atoms with Crippen molar-refractivity contribution in [3.63, 3.8) is 0 Å². The molecule has 4 heterocycles. The van der Waals surface area contributed by atoms with Crippen molar-refractivity contribution >= 4 is 17.5 Å². The molecule has 3 aliphatic rings. The van der Waals surface area contributed by atoms with Crippen molar-refractivity contribution in [2.24, 2.45) is 5.92 Å². The number of likely N-dealkylation sites (tertiary alicyclic amines) is 1. The van der Waals surface area contributed by atoms with E-state index in [4.69, 9.17) is 4.74 Å². The number of nitrogens with zero attached hydrogens (tertiary/aromatic N) is 3. The summed E-state index contributed by atoms with van der Waals surface area (Å²) in [5.74, 6) is 0.0352. The Kier molecular flexibility index (Phi) is 5.46. The van der Waals surface area contributed by atoms with Crippen molar-refractivity contribution < 1.29 is 19.4 Å². The number of amides is 2. The monoisotopic (exact) mass is 421 g/mol. The van der Waals surface area contributed by atoms with Crippen LogP contribution in [-0.4, -0.2) is 65.3 Å². The van der Waals surface area contributed by atoms with Gasteiger partial charge in [-0.15, -0.1) is 0 Å². The molecule has 0 unspecified atom stereocenters. The van der Waals surface area contributed by atoms with Gasteiger partial charge in [0.2, 0.25) is 11.8 Å². The van der Waals surface area contributed by atoms with Crippen LogP contribution in [-0.2, 0) is 20.7 Å². The minimum absolute atomic E-state index is 0.0348. The van der Waals surface area contributed by atoms with Gasteiger partial charge in [0, 0.05) is 49.2 Å². The number of benzene rings is 1. The quantitative estimate of drug-likeness (QED) is 0.813. The summed E-state index contributed by atoms with van der Waals surface area (Å²) in [6.45, 7) is 1.58. The van der Waals surface area contributed by atoms with Crippen molar-refractivity contribution in [3.05, 3.63) is 59.9 Å². The zero-order chi connectivity index (χ0) is 21.4. The van der Waals surface area contributed by atoms with Gasteiger partial charge in [0.05, 0.1) is 25.1 Å². The van der Waals surface area contributed by atoms with Gasteiger partial charge in [-0.2, -0.15) is 0 Å². The average molecular weight is 421 g/mol. The Morgan fingerprint density at radius 3 is 2.61 bits per heavy atom. The van der Waals surface area contributed by atoms with Crippen LogP contribution in [0.2, 0.25) is 0 Å². The number of carbonyl (C=O) groups excluding carboxylic acids is 2. The zero-order valence-corrected chi connectivity index (χ0v) is 17.4. The number of anilines is 1. The Bertz CT molecular complexity index is 960. The van der Waals surface area contributed by atoms with Crippen LogP contribution >= 0.6 is 0 Å². The van der Waals surface area contributed by atoms with E-state index >= 15 is 0 Å². The molecule has 162 valence electrons. The Balaban J connectivity index is 1.43. The number of para-hydroxylation sites is 1. The van der Waals surface area contributed by atoms with E-state index in [1.165, 1.54) is 0 Å². The first kappa shape index (κ1) is 20.2. The van der Waals surface area contributed by atoms with E-state index < -0.39 is 0 Å². The first-order valence-electron chi connectivity index (χ1n) is 11.0. The molecule has 0 aliphatic carbocycles. The van der Waals surface area contributed by atoms with Gasteiger partial charge in [0.25, 0.3) is 0 Å². The Labute approximate surface area is 181 Å². The zero-order valence-electron chi connectivity index (χ0n) is 17.4. The number of hydrogen-bond donors (Lipinski definition) is 1. The molecule has 31 heavy (non-hydrogen) atoms. The standard InChI is InChI=1S/C24H27N3O4/c28-15-21-23-18-6-1-2-7-19(18)26(24(30)16-8-11-31-12-9-16)14-20(23)27(21)22(29)13-17-5-3-4-10-25-17/h1-7,10,16,20-21,23,28H,8-9,11-15H2/t20-,21-,23+/m0/s1. The highest BCUT2D eigenvalue weighted by Crippen LogP contribution is 2.48. The fourth-order valence-corrected chi connectivity index (χ4v) is 5.36. The van der Waals surface area contributed by atoms with Crippen LogP contribution in [0.5, 0.6) is 0 Å². The smallest absolute Gasteiger partial charge is 0.230 e. The van der Waals surface area contributed by atoms with Crippen molar-refractivity contribution in [2.45, 2.75) is 37.3 Å². The number of fused-ring (bicyclic) bond motifs is 3. The minimum atomic E-state index is -0.275. The SMILES string of the molecule is O=C(C1CCOCC1)N1C[C@H]2[C@@H](c3ccccc31)[C@H](CO)N2C(=O)Cc1ccccn1. The second kappa shape index (κ2) is 8.40. The van der Waals surface area contributed by atoms with Crippen molar-refractivity contribution in [3.8, 4) is 0 Å². The van der Waals surface area contributed by atoms with Crippen LogP contribution in [0.25, 0.3) is 0 Å². The molecule has 2 saturated heterocycles. The van der Waals surface area contributed by atoms with E-state index in [-0.39, 0.29) is 48.8 Å². The van der Waals surface area contributed by atoms with Crippen molar-refractivity contribution in [1.29, 1.82) is 0 Å². The second-order valence-electron chi connectivity index (χ2n) is 8.54. The van der Waals surface area contributed by atoms with Crippen LogP contribution in [0.1, 0.15) is 30.0 Å². The van der Waals surface area contributed by atoms with Gasteiger partial charge in [-0.3, -0.25) is 14.6 Å². The highest BCUT2D eigenvalue weighted by atomic mass is 16.5. The molecule has 7 heteroatoms. The molecule has 1 N–H and O–H groups in total. The topological polar surface area (TPSA) is 83.0 Å². The second-order valence-corrected chi connectivity index (χ2v) is 8.54. The molecule has 3 atom stereocenters. The summed E-state index contributed by atoms with van der Waals surface area (Å²) in [6.07, 6.45) is 3.33. The lowest BCUT2D eigenvalue weighted by atomic mass is 9.71. The van der Waals surface area contributed by atoms with Crippen molar-refractivity contribution in [1.82, 2.24) is 9.88 Å². The van der Waals surface area contributed by atoms with E-state index in [1.807, 2.05) is 47.4 Å². The average Bonchev–Trinajstić information content (AvgIpc) is 2.80. The molecule has 0 radical (unpaired) electrons. The maximum absolute atomic E-state index is 13.4. The predicted octanol–water partition coefficient (Wildman–Crippen LogP) is 1.75. The largest absolute Gasteiger partial charge is 0.394 e. The fourth-order valence-electron chi connectivity index (χ4n) is 5.36. The molecule has 0 saturated carbocycles. The van der Waals surface area contributed by atoms with Gasteiger partial charge >= 0.3 is 0 Å². The summed E-state index contributed by atoms with van der Waals surface area (Å²) in [4.78, 5) is 34.5. The first-order valence-corrected chi connectivity index (χ1v) is 11.0. The molecule has 1 aromatic heterocycles. The molecule has 2 aromatic rings. The molecule has 2 amide bonds. The lowest BCUT2D eigenvalue weighted by molar-refractivity contribution is -0.150. The number of hydrogen-bond acceptors (Lipinski definition) is 5. The third kappa shape index (κ3) is 3.51. The van der Waals surface area contributed by atoms with E-state index in [0.717, 1.165) is 24.1 Å². The van der Waals surface area contributed by atoms with Gasteiger partial charge in [0.1, 0.15) is 0 Å². The Hall–Kier alpha value is -2.77. The highest BCUT2D eigenvalue weighted by Gasteiger charge is 2.55. The van der Waals surface area contributed by atoms with E-state index in [0.29, 0.717) is 25.5 Å². The molecule has 2 fully saturated rings. The molecule has 0 spiro atoms. The minimum Gasteiger partial charge on any atom is -0.394 e. The third-order valence-electron chi connectivity index (χ3n) is 6.87. The Morgan fingerprint density at radius 2 is 1.87 bits per heavy atom. The molecule has 3 aliphatic heterocycles. The maximum Gasteiger partial charge on any atom is 0.230 e. The van der Waals surface area contributed by atoms with Crippen LogP contribution in [0.4, 0.5) is 5.69 Å². The van der Waals surface area contributed by atoms with E-state index in [1.54, 1.807) is 11.1 Å². The van der Waals surface area contributed by atoms with Crippen LogP contribution < -0.4 is 4.90 Å². The fraction of sp³-hybridized carbons (Fsp3) is 0.458. The van der Waals surface area contributed by atoms with E-state index in [2.05, 4.69) is 4.98 Å². The number of pyridine rings is 1. The summed E-state index contributed by atoms with van der Waals surface area (Å²) >= 11 is 0. The number of aromatic nitrogens is 1. The predicted molar refractivity (Wildman–Crippen MR) is 115 cm³/mol. The highest BCUT2D eigenvalue weighted by molar-refractivity contribution is 5.97. The van der Waals surface area contributed by atoms with Crippen molar-refractivity contribution in [2.75, 3.05) is 31.3 Å². The van der Waals surface area contributed by atoms with Crippen LogP contribution in [0.3, 0.4) is 0 Å². The van der Waals surface area contributed by atoms with Gasteiger partial charge in [0.15, 0.2) is 0 Å². The number of ether oxygens (including phenoxy) is 1. The van der Waals surface area contributed by atoms with Gasteiger partial charge < -0.3 is 19.6 Å². The van der Waals surface area contributed by atoms with Crippen LogP contribution in [0.15, 0.2) is 48.7 Å². The summed E-state index contributed by atoms with van der Waals surface area (Å²) in [5.41, 5.74) is 2.66. The number of aliphatic hydroxyl groups is 1. The van der Waals surface area contributed by atoms with Gasteiger partial charge in [-0.25, -0.2) is 0 Å². The lowest BCUT2D eigenvalue weighted by Gasteiger charge is -2.59. The number of aliphatic hydroxyl groups excluding tert-OH is 1. The van der Waals surface area contributed by atoms with Crippen LogP contribution in [0, 0.1) is 5.92 Å². The molecule has 1 aromatic carbocycles. The first-order chi connectivity index (χ1) is 15.2. The van der Waals surface area contributed by atoms with E-state index in [9.17, 15) is 14.7 Å². The maximum atomic E-state index is 13.4. The molecular weight excluding hydrogens is 394 g/mol. The molecule has 0 bridgehead atoms. The molecule has 7 nitrogen and oxygen atoms in total. The number of carbonyl (C=O) groups is 2. The third-order valence-corrected chi connectivity index (χ3v) is 6.87. The van der Waals surface area contributed by atoms with Gasteiger partial charge in [-0.05, 0) is 36.6 Å². The van der Waals surface area contributed by atoms with Gasteiger partial charge in [-0.1, -0.05) is 24.3 Å². The normalized spacial score (nSPS) is 25.4. The Morgan fingerprint density at radius 1 is 1.10 bits per heavy atom. The summed E-state index contributed by atoms with van der Waals surface area (Å²) in [6, 6.07) is 13.0. The summed E-state index contributed by atoms with van der Waals surface area (Å²) in [7, 11) is 0.